The molecule has 11 heteroatoms. The SMILES string of the molecule is CNC(=N)NCCC[C@H](NC(=O)CCCCCCC(=O)c1ccccc1)C(=O)N[C@@H](CC(C)C)B1O[C@@H]2C[C@@H]3C[C@@H](C3(C)C)[C@]2(C)O1. The number of carbonyl (C=O) groups excluding carboxylic acids is 3. The summed E-state index contributed by atoms with van der Waals surface area (Å²) < 4.78 is 13.3. The van der Waals surface area contributed by atoms with Gasteiger partial charge in [0.25, 0.3) is 0 Å². The van der Waals surface area contributed by atoms with E-state index in [-0.39, 0.29) is 46.6 Å². The minimum Gasteiger partial charge on any atom is -0.404 e. The molecule has 1 aliphatic heterocycles. The number of guanidine groups is 1. The molecule has 0 radical (unpaired) electrons. The van der Waals surface area contributed by atoms with Crippen LogP contribution in [0.25, 0.3) is 0 Å². The summed E-state index contributed by atoms with van der Waals surface area (Å²) in [4.78, 5) is 39.2. The third-order valence-electron chi connectivity index (χ3n) is 10.9. The summed E-state index contributed by atoms with van der Waals surface area (Å²) >= 11 is 0. The highest BCUT2D eigenvalue weighted by Gasteiger charge is 2.68. The second kappa shape index (κ2) is 16.5. The van der Waals surface area contributed by atoms with Crippen molar-refractivity contribution in [2.75, 3.05) is 13.6 Å². The number of rotatable bonds is 18. The molecule has 2 amide bonds. The van der Waals surface area contributed by atoms with Gasteiger partial charge in [0.15, 0.2) is 11.7 Å². The predicted molar refractivity (Wildman–Crippen MR) is 186 cm³/mol. The zero-order valence-electron chi connectivity index (χ0n) is 29.5. The zero-order valence-corrected chi connectivity index (χ0v) is 29.5. The van der Waals surface area contributed by atoms with E-state index in [0.717, 1.165) is 37.7 Å². The largest absolute Gasteiger partial charge is 0.481 e. The number of nitrogens with one attached hydrogen (secondary N) is 5. The zero-order chi connectivity index (χ0) is 34.2. The van der Waals surface area contributed by atoms with Gasteiger partial charge in [-0.2, -0.15) is 0 Å². The van der Waals surface area contributed by atoms with Gasteiger partial charge in [-0.15, -0.1) is 0 Å². The summed E-state index contributed by atoms with van der Waals surface area (Å²) in [5, 5.41) is 19.7. The lowest BCUT2D eigenvalue weighted by atomic mass is 9.43. The number of carbonyl (C=O) groups is 3. The Morgan fingerprint density at radius 3 is 2.34 bits per heavy atom. The molecule has 47 heavy (non-hydrogen) atoms. The van der Waals surface area contributed by atoms with E-state index in [0.29, 0.717) is 62.8 Å². The van der Waals surface area contributed by atoms with E-state index in [9.17, 15) is 14.4 Å². The second-order valence-electron chi connectivity index (χ2n) is 15.1. The molecule has 10 nitrogen and oxygen atoms in total. The Balaban J connectivity index is 1.30. The Kier molecular flexibility index (Phi) is 12.9. The minimum absolute atomic E-state index is 0.0244. The fraction of sp³-hybridized carbons (Fsp3) is 0.722. The van der Waals surface area contributed by atoms with Gasteiger partial charge >= 0.3 is 7.12 Å². The molecule has 5 rings (SSSR count). The highest BCUT2D eigenvalue weighted by molar-refractivity contribution is 6.48. The van der Waals surface area contributed by atoms with Gasteiger partial charge in [0.2, 0.25) is 11.8 Å². The number of hydrogen-bond donors (Lipinski definition) is 5. The van der Waals surface area contributed by atoms with Crippen LogP contribution in [0.15, 0.2) is 30.3 Å². The molecule has 0 unspecified atom stereocenters. The van der Waals surface area contributed by atoms with Crippen LogP contribution in [-0.2, 0) is 18.9 Å². The van der Waals surface area contributed by atoms with Gasteiger partial charge in [0.1, 0.15) is 6.04 Å². The van der Waals surface area contributed by atoms with E-state index in [1.807, 2.05) is 30.3 Å². The van der Waals surface area contributed by atoms with E-state index >= 15 is 0 Å². The summed E-state index contributed by atoms with van der Waals surface area (Å²) in [6, 6.07) is 8.62. The lowest BCUT2D eigenvalue weighted by Gasteiger charge is -2.64. The average molecular weight is 652 g/mol. The van der Waals surface area contributed by atoms with Gasteiger partial charge < -0.3 is 30.6 Å². The molecule has 3 saturated carbocycles. The maximum absolute atomic E-state index is 13.8. The van der Waals surface area contributed by atoms with Crippen LogP contribution >= 0.6 is 0 Å². The summed E-state index contributed by atoms with van der Waals surface area (Å²) in [5.74, 6) is 1.01. The Morgan fingerprint density at radius 1 is 0.979 bits per heavy atom. The lowest BCUT2D eigenvalue weighted by Crippen LogP contribution is -2.65. The van der Waals surface area contributed by atoms with E-state index in [1.54, 1.807) is 7.05 Å². The molecule has 4 fully saturated rings. The fourth-order valence-electron chi connectivity index (χ4n) is 7.94. The summed E-state index contributed by atoms with van der Waals surface area (Å²) in [6.45, 7) is 11.6. The van der Waals surface area contributed by atoms with E-state index in [2.05, 4.69) is 55.9 Å². The maximum Gasteiger partial charge on any atom is 0.481 e. The number of unbranched alkanes of at least 4 members (excludes halogenated alkanes) is 3. The summed E-state index contributed by atoms with van der Waals surface area (Å²) in [5.41, 5.74) is 0.603. The lowest BCUT2D eigenvalue weighted by molar-refractivity contribution is -0.199. The van der Waals surface area contributed by atoms with Crippen molar-refractivity contribution in [3.05, 3.63) is 35.9 Å². The van der Waals surface area contributed by atoms with Crippen molar-refractivity contribution in [3.8, 4) is 0 Å². The molecule has 3 aliphatic carbocycles. The Labute approximate surface area is 282 Å². The van der Waals surface area contributed by atoms with Crippen molar-refractivity contribution in [1.29, 1.82) is 5.41 Å². The highest BCUT2D eigenvalue weighted by atomic mass is 16.7. The molecular weight excluding hydrogens is 593 g/mol. The molecule has 2 bridgehead atoms. The fourth-order valence-corrected chi connectivity index (χ4v) is 7.94. The molecule has 1 saturated heterocycles. The predicted octanol–water partition coefficient (Wildman–Crippen LogP) is 5.02. The van der Waals surface area contributed by atoms with Crippen LogP contribution in [0.4, 0.5) is 0 Å². The van der Waals surface area contributed by atoms with Crippen molar-refractivity contribution in [1.82, 2.24) is 21.3 Å². The molecule has 0 aromatic heterocycles. The van der Waals surface area contributed by atoms with E-state index in [1.165, 1.54) is 0 Å². The van der Waals surface area contributed by atoms with Gasteiger partial charge in [0.05, 0.1) is 17.6 Å². The quantitative estimate of drug-likeness (QED) is 0.0494. The van der Waals surface area contributed by atoms with Crippen LogP contribution in [0.5, 0.6) is 0 Å². The molecule has 0 spiro atoms. The molecular formula is C36H58BN5O5. The van der Waals surface area contributed by atoms with Crippen LogP contribution < -0.4 is 21.3 Å². The first kappa shape index (κ1) is 36.9. The van der Waals surface area contributed by atoms with Crippen molar-refractivity contribution in [3.63, 3.8) is 0 Å². The normalized spacial score (nSPS) is 25.3. The number of hydrogen-bond acceptors (Lipinski definition) is 6. The first-order valence-electron chi connectivity index (χ1n) is 17.9. The standard InChI is InChI=1S/C36H58BN5O5/c1-24(2)21-31(37-46-30-23-26-22-29(35(26,3)4)36(30,5)47-37)42-33(45)27(17-14-20-40-34(38)39-6)41-32(44)19-13-8-7-12-18-28(43)25-15-10-9-11-16-25/h9-11,15-16,24,26-27,29-31H,7-8,12-14,17-23H2,1-6H3,(H,41,44)(H,42,45)(H3,38,39,40)/t26-,27-,29-,30+,31-,36-/m0/s1. The molecule has 6 atom stereocenters. The van der Waals surface area contributed by atoms with Crippen LogP contribution in [0, 0.1) is 28.6 Å². The summed E-state index contributed by atoms with van der Waals surface area (Å²) in [7, 11) is 1.14. The molecule has 4 aliphatic rings. The second-order valence-corrected chi connectivity index (χ2v) is 15.1. The Bertz CT molecular complexity index is 1230. The Hall–Kier alpha value is -2.92. The number of ketones is 1. The highest BCUT2D eigenvalue weighted by Crippen LogP contribution is 2.65. The van der Waals surface area contributed by atoms with Gasteiger partial charge in [-0.25, -0.2) is 0 Å². The molecule has 1 aromatic carbocycles. The molecule has 260 valence electrons. The van der Waals surface area contributed by atoms with E-state index < -0.39 is 13.2 Å². The first-order valence-corrected chi connectivity index (χ1v) is 17.9. The summed E-state index contributed by atoms with van der Waals surface area (Å²) in [6.07, 6.45) is 7.92. The van der Waals surface area contributed by atoms with Gasteiger partial charge in [-0.3, -0.25) is 19.8 Å². The maximum atomic E-state index is 13.8. The average Bonchev–Trinajstić information content (AvgIpc) is 3.40. The van der Waals surface area contributed by atoms with Crippen molar-refractivity contribution >= 4 is 30.7 Å². The smallest absolute Gasteiger partial charge is 0.404 e. The number of benzene rings is 1. The molecule has 1 aromatic rings. The van der Waals surface area contributed by atoms with Crippen LogP contribution in [0.2, 0.25) is 0 Å². The van der Waals surface area contributed by atoms with Gasteiger partial charge in [0, 0.05) is 32.0 Å². The monoisotopic (exact) mass is 651 g/mol. The Morgan fingerprint density at radius 2 is 1.68 bits per heavy atom. The van der Waals surface area contributed by atoms with Gasteiger partial charge in [-0.05, 0) is 75.0 Å². The topological polar surface area (TPSA) is 142 Å². The minimum atomic E-state index is -0.711. The number of Topliss-reactive ketones (excluding diaryl/α,β-unsaturated/α-hetero) is 1. The van der Waals surface area contributed by atoms with Crippen LogP contribution in [-0.4, -0.2) is 68.0 Å². The third-order valence-corrected chi connectivity index (χ3v) is 10.9. The van der Waals surface area contributed by atoms with Crippen molar-refractivity contribution in [2.45, 2.75) is 129 Å². The van der Waals surface area contributed by atoms with Crippen LogP contribution in [0.1, 0.15) is 116 Å². The number of amides is 2. The van der Waals surface area contributed by atoms with E-state index in [4.69, 9.17) is 14.7 Å². The van der Waals surface area contributed by atoms with Crippen molar-refractivity contribution in [2.24, 2.45) is 23.2 Å². The van der Waals surface area contributed by atoms with Crippen LogP contribution in [0.3, 0.4) is 0 Å². The third kappa shape index (κ3) is 9.37. The molecule has 5 N–H and O–H groups in total. The van der Waals surface area contributed by atoms with Gasteiger partial charge in [-0.1, -0.05) is 70.9 Å². The van der Waals surface area contributed by atoms with Crippen molar-refractivity contribution < 1.29 is 23.7 Å². The first-order chi connectivity index (χ1) is 22.3. The molecule has 1 heterocycles.